The Morgan fingerprint density at radius 2 is 2.40 bits per heavy atom. The molecular weight excluding hydrogens is 140 g/mol. The van der Waals surface area contributed by atoms with Gasteiger partial charge in [0.1, 0.15) is 0 Å². The molecule has 1 heterocycles. The lowest BCUT2D eigenvalue weighted by Gasteiger charge is -1.83. The average molecular weight is 146 g/mol. The number of amidine groups is 1. The van der Waals surface area contributed by atoms with Gasteiger partial charge in [-0.25, -0.2) is 0 Å². The van der Waals surface area contributed by atoms with E-state index >= 15 is 0 Å². The molecule has 8 heteroatoms. The van der Waals surface area contributed by atoms with Crippen LogP contribution in [-0.2, 0) is 0 Å². The van der Waals surface area contributed by atoms with Crippen LogP contribution in [0.2, 0.25) is 0 Å². The second kappa shape index (κ2) is 3.35. The number of hydrogen-bond donors (Lipinski definition) is 3. The van der Waals surface area contributed by atoms with E-state index in [0.717, 1.165) is 0 Å². The Balaban J connectivity index is 0.000000810. The molecule has 0 amide bonds. The number of aromatic nitrogens is 4. The molecule has 0 aliphatic carbocycles. The predicted octanol–water partition coefficient (Wildman–Crippen LogP) is -2.53. The van der Waals surface area contributed by atoms with Crippen LogP contribution in [0, 0.1) is 0 Å². The highest BCUT2D eigenvalue weighted by Crippen LogP contribution is 1.78. The van der Waals surface area contributed by atoms with E-state index in [1.807, 2.05) is 0 Å². The first-order chi connectivity index (χ1) is 4.34. The molecule has 0 aromatic carbocycles. The monoisotopic (exact) mass is 146 g/mol. The number of tetrazole rings is 1. The quantitative estimate of drug-likeness (QED) is 0.173. The van der Waals surface area contributed by atoms with Crippen molar-refractivity contribution in [2.45, 2.75) is 0 Å². The van der Waals surface area contributed by atoms with Gasteiger partial charge in [0.25, 0.3) is 0 Å². The Labute approximate surface area is 55.0 Å². The number of nitrogens with one attached hydrogen (secondary N) is 1. The first kappa shape index (κ1) is 8.30. The van der Waals surface area contributed by atoms with Crippen LogP contribution in [-0.4, -0.2) is 37.1 Å². The lowest BCUT2D eigenvalue weighted by atomic mass is 10.6. The summed E-state index contributed by atoms with van der Waals surface area (Å²) in [5.41, 5.74) is 5.05. The molecule has 0 saturated heterocycles. The zero-order valence-corrected chi connectivity index (χ0v) is 4.81. The lowest BCUT2D eigenvalue weighted by molar-refractivity contribution is 0.318. The van der Waals surface area contributed by atoms with Crippen molar-refractivity contribution in [2.24, 2.45) is 10.9 Å². The minimum absolute atomic E-state index is 0. The van der Waals surface area contributed by atoms with Crippen molar-refractivity contribution in [3.05, 3.63) is 5.82 Å². The zero-order chi connectivity index (χ0) is 6.69. The van der Waals surface area contributed by atoms with Crippen LogP contribution in [0.15, 0.2) is 5.16 Å². The SMILES string of the molecule is N/C(=N\O)c1nn[nH]n1.O. The van der Waals surface area contributed by atoms with Gasteiger partial charge in [0.05, 0.1) is 0 Å². The minimum atomic E-state index is -0.163. The van der Waals surface area contributed by atoms with Crippen molar-refractivity contribution in [3.63, 3.8) is 0 Å². The third-order valence-electron chi connectivity index (χ3n) is 0.682. The number of nitrogens with two attached hydrogens (primary N) is 1. The standard InChI is InChI=1S/C2H4N6O.H2O/c3-1(6-9)2-4-7-8-5-2;/h9H,(H2,3,6)(H,4,5,7,8);1H2. The minimum Gasteiger partial charge on any atom is -0.412 e. The van der Waals surface area contributed by atoms with Crippen molar-refractivity contribution in [1.82, 2.24) is 20.6 Å². The topological polar surface area (TPSA) is 145 Å². The Morgan fingerprint density at radius 1 is 1.70 bits per heavy atom. The fraction of sp³-hybridized carbons (Fsp3) is 0. The van der Waals surface area contributed by atoms with Gasteiger partial charge in [0.15, 0.2) is 0 Å². The summed E-state index contributed by atoms with van der Waals surface area (Å²) >= 11 is 0. The second-order valence-electron chi connectivity index (χ2n) is 1.22. The van der Waals surface area contributed by atoms with Crippen LogP contribution >= 0.6 is 0 Å². The first-order valence-corrected chi connectivity index (χ1v) is 2.06. The van der Waals surface area contributed by atoms with Gasteiger partial charge in [0.2, 0.25) is 11.7 Å². The number of H-pyrrole nitrogens is 1. The predicted molar refractivity (Wildman–Crippen MR) is 30.3 cm³/mol. The molecule has 8 nitrogen and oxygen atoms in total. The molecule has 1 aromatic heterocycles. The van der Waals surface area contributed by atoms with E-state index in [1.165, 1.54) is 0 Å². The molecule has 0 saturated carbocycles. The Bertz CT molecular complexity index is 204. The number of hydrogen-bond acceptors (Lipinski definition) is 5. The molecule has 1 aromatic rings. The van der Waals surface area contributed by atoms with Gasteiger partial charge in [-0.15, -0.1) is 10.2 Å². The molecule has 0 bridgehead atoms. The summed E-state index contributed by atoms with van der Waals surface area (Å²) in [5.74, 6) is -0.0822. The Hall–Kier alpha value is -1.70. The fourth-order valence-corrected chi connectivity index (χ4v) is 0.315. The smallest absolute Gasteiger partial charge is 0.242 e. The van der Waals surface area contributed by atoms with Crippen LogP contribution in [0.5, 0.6) is 0 Å². The number of aromatic amines is 1. The largest absolute Gasteiger partial charge is 0.412 e. The second-order valence-corrected chi connectivity index (χ2v) is 1.22. The van der Waals surface area contributed by atoms with E-state index in [4.69, 9.17) is 10.9 Å². The van der Waals surface area contributed by atoms with Crippen LogP contribution in [0.4, 0.5) is 0 Å². The molecule has 1 rings (SSSR count). The van der Waals surface area contributed by atoms with Crippen molar-refractivity contribution >= 4 is 5.84 Å². The fourth-order valence-electron chi connectivity index (χ4n) is 0.315. The Kier molecular flexibility index (Phi) is 2.78. The molecule has 0 aliphatic rings. The van der Waals surface area contributed by atoms with E-state index in [-0.39, 0.29) is 17.1 Å². The third kappa shape index (κ3) is 1.39. The molecule has 6 N–H and O–H groups in total. The van der Waals surface area contributed by atoms with Gasteiger partial charge < -0.3 is 16.4 Å². The summed E-state index contributed by atoms with van der Waals surface area (Å²) in [7, 11) is 0. The lowest BCUT2D eigenvalue weighted by Crippen LogP contribution is -2.14. The highest BCUT2D eigenvalue weighted by atomic mass is 16.4. The summed E-state index contributed by atoms with van der Waals surface area (Å²) in [6, 6.07) is 0. The summed E-state index contributed by atoms with van der Waals surface area (Å²) < 4.78 is 0. The van der Waals surface area contributed by atoms with Crippen molar-refractivity contribution in [3.8, 4) is 0 Å². The normalized spacial score (nSPS) is 10.6. The number of oxime groups is 1. The molecular formula is C2H6N6O2. The van der Waals surface area contributed by atoms with Crippen LogP contribution in [0.3, 0.4) is 0 Å². The van der Waals surface area contributed by atoms with Gasteiger partial charge in [-0.3, -0.25) is 0 Å². The van der Waals surface area contributed by atoms with E-state index in [2.05, 4.69) is 25.8 Å². The van der Waals surface area contributed by atoms with E-state index < -0.39 is 0 Å². The van der Waals surface area contributed by atoms with Gasteiger partial charge in [-0.05, 0) is 5.21 Å². The van der Waals surface area contributed by atoms with Crippen LogP contribution in [0.1, 0.15) is 5.82 Å². The van der Waals surface area contributed by atoms with Crippen molar-refractivity contribution in [1.29, 1.82) is 0 Å². The average Bonchev–Trinajstić information content (AvgIpc) is 2.37. The summed E-state index contributed by atoms with van der Waals surface area (Å²) in [5, 5.41) is 22.9. The van der Waals surface area contributed by atoms with Gasteiger partial charge in [-0.1, -0.05) is 5.16 Å². The molecule has 0 atom stereocenters. The molecule has 0 aliphatic heterocycles. The molecule has 0 radical (unpaired) electrons. The van der Waals surface area contributed by atoms with Crippen LogP contribution in [0.25, 0.3) is 0 Å². The van der Waals surface area contributed by atoms with Gasteiger partial charge >= 0.3 is 0 Å². The molecule has 0 spiro atoms. The summed E-state index contributed by atoms with van der Waals surface area (Å²) in [4.78, 5) is 0. The first-order valence-electron chi connectivity index (χ1n) is 2.06. The highest BCUT2D eigenvalue weighted by molar-refractivity contribution is 5.92. The summed E-state index contributed by atoms with van der Waals surface area (Å²) in [6.07, 6.45) is 0. The zero-order valence-electron chi connectivity index (χ0n) is 4.81. The summed E-state index contributed by atoms with van der Waals surface area (Å²) in [6.45, 7) is 0. The van der Waals surface area contributed by atoms with Crippen molar-refractivity contribution < 1.29 is 10.7 Å². The maximum absolute atomic E-state index is 8.05. The molecule has 0 unspecified atom stereocenters. The van der Waals surface area contributed by atoms with E-state index in [0.29, 0.717) is 0 Å². The van der Waals surface area contributed by atoms with Crippen molar-refractivity contribution in [2.75, 3.05) is 0 Å². The molecule has 56 valence electrons. The number of nitrogens with zero attached hydrogens (tertiary/aromatic N) is 4. The van der Waals surface area contributed by atoms with Gasteiger partial charge in [-0.2, -0.15) is 5.21 Å². The molecule has 10 heavy (non-hydrogen) atoms. The molecule has 0 fully saturated rings. The Morgan fingerprint density at radius 3 is 2.80 bits per heavy atom. The number of rotatable bonds is 1. The highest BCUT2D eigenvalue weighted by Gasteiger charge is 2.01. The van der Waals surface area contributed by atoms with Crippen LogP contribution < -0.4 is 5.73 Å². The van der Waals surface area contributed by atoms with Gasteiger partial charge in [0, 0.05) is 0 Å². The maximum atomic E-state index is 8.05. The maximum Gasteiger partial charge on any atom is 0.242 e. The van der Waals surface area contributed by atoms with E-state index in [1.54, 1.807) is 0 Å². The van der Waals surface area contributed by atoms with E-state index in [9.17, 15) is 0 Å². The third-order valence-corrected chi connectivity index (χ3v) is 0.682.